The average Bonchev–Trinajstić information content (AvgIpc) is 3.63. The van der Waals surface area contributed by atoms with Gasteiger partial charge < -0.3 is 30.0 Å². The highest BCUT2D eigenvalue weighted by molar-refractivity contribution is 6.30. The first-order valence-corrected chi connectivity index (χ1v) is 16.6. The number of allylic oxidation sites excluding steroid dienone is 2. The van der Waals surface area contributed by atoms with Crippen LogP contribution in [0.15, 0.2) is 54.1 Å². The standard InChI is InChI=1S/C38H40ClN3O8/c1-21(6-13-27-35(45)34-30(20-50-38(34)47)22(2)36(27)49-5)7-15-32(43)40-16-17-41-33(44)19-28-23(3)42(31-14-12-26(48-4)18-29(28)31)37(46)24-8-10-25(39)11-9-24/h6,8-12,14,18,45H,7,13,15-17,19-20H2,1-5H3,(H,40,43)(H,41,44)/b21-6+. The summed E-state index contributed by atoms with van der Waals surface area (Å²) in [7, 11) is 3.07. The van der Waals surface area contributed by atoms with Crippen molar-refractivity contribution in [3.05, 3.63) is 98.2 Å². The maximum Gasteiger partial charge on any atom is 0.342 e. The molecule has 0 unspecified atom stereocenters. The van der Waals surface area contributed by atoms with E-state index in [1.807, 2.05) is 26.0 Å². The molecule has 0 radical (unpaired) electrons. The molecule has 1 aliphatic rings. The minimum Gasteiger partial charge on any atom is -0.507 e. The third-order valence-corrected chi connectivity index (χ3v) is 9.24. The van der Waals surface area contributed by atoms with Gasteiger partial charge in [-0.25, -0.2) is 4.79 Å². The van der Waals surface area contributed by atoms with Gasteiger partial charge in [-0.2, -0.15) is 0 Å². The van der Waals surface area contributed by atoms with E-state index in [0.29, 0.717) is 62.8 Å². The summed E-state index contributed by atoms with van der Waals surface area (Å²) in [6, 6.07) is 12.0. The molecule has 0 bridgehead atoms. The van der Waals surface area contributed by atoms with Crippen LogP contribution in [0.25, 0.3) is 10.9 Å². The van der Waals surface area contributed by atoms with Crippen molar-refractivity contribution in [3.63, 3.8) is 0 Å². The van der Waals surface area contributed by atoms with Crippen LogP contribution in [-0.4, -0.2) is 60.7 Å². The van der Waals surface area contributed by atoms with Crippen LogP contribution in [0.1, 0.15) is 68.4 Å². The van der Waals surface area contributed by atoms with E-state index in [-0.39, 0.29) is 61.6 Å². The van der Waals surface area contributed by atoms with Gasteiger partial charge in [-0.3, -0.25) is 19.0 Å². The van der Waals surface area contributed by atoms with Crippen LogP contribution in [-0.2, 0) is 33.8 Å². The Labute approximate surface area is 295 Å². The lowest BCUT2D eigenvalue weighted by atomic mass is 9.94. The number of halogens is 1. The number of hydrogen-bond donors (Lipinski definition) is 3. The largest absolute Gasteiger partial charge is 0.507 e. The molecule has 1 aromatic heterocycles. The zero-order chi connectivity index (χ0) is 36.1. The normalized spacial score (nSPS) is 12.4. The molecular weight excluding hydrogens is 662 g/mol. The van der Waals surface area contributed by atoms with Gasteiger partial charge in [0.05, 0.1) is 26.2 Å². The highest BCUT2D eigenvalue weighted by Gasteiger charge is 2.32. The number of ether oxygens (including phenoxy) is 3. The maximum atomic E-state index is 13.5. The number of carbonyl (C=O) groups excluding carboxylic acids is 4. The number of aromatic nitrogens is 1. The Balaban J connectivity index is 1.14. The molecule has 0 spiro atoms. The van der Waals surface area contributed by atoms with E-state index < -0.39 is 5.97 Å². The number of fused-ring (bicyclic) bond motifs is 2. The topological polar surface area (TPSA) is 145 Å². The number of methoxy groups -OCH3 is 2. The third-order valence-electron chi connectivity index (χ3n) is 8.99. The monoisotopic (exact) mass is 701 g/mol. The van der Waals surface area contributed by atoms with Gasteiger partial charge in [-0.15, -0.1) is 0 Å². The molecule has 2 heterocycles. The summed E-state index contributed by atoms with van der Waals surface area (Å²) in [4.78, 5) is 51.3. The van der Waals surface area contributed by atoms with Crippen LogP contribution in [0.5, 0.6) is 17.2 Å². The van der Waals surface area contributed by atoms with E-state index >= 15 is 0 Å². The third kappa shape index (κ3) is 7.47. The van der Waals surface area contributed by atoms with Gasteiger partial charge in [-0.1, -0.05) is 23.3 Å². The predicted octanol–water partition coefficient (Wildman–Crippen LogP) is 5.74. The summed E-state index contributed by atoms with van der Waals surface area (Å²) in [6.07, 6.45) is 2.95. The predicted molar refractivity (Wildman–Crippen MR) is 189 cm³/mol. The molecule has 3 N–H and O–H groups in total. The number of nitrogens with one attached hydrogen (secondary N) is 2. The maximum absolute atomic E-state index is 13.5. The number of phenols is 1. The number of cyclic esters (lactones) is 1. The van der Waals surface area contributed by atoms with Crippen LogP contribution in [0.4, 0.5) is 0 Å². The van der Waals surface area contributed by atoms with Gasteiger partial charge >= 0.3 is 5.97 Å². The van der Waals surface area contributed by atoms with Crippen molar-refractivity contribution in [2.45, 2.75) is 53.1 Å². The molecule has 262 valence electrons. The number of esters is 1. The molecule has 0 atom stereocenters. The molecule has 50 heavy (non-hydrogen) atoms. The average molecular weight is 702 g/mol. The summed E-state index contributed by atoms with van der Waals surface area (Å²) >= 11 is 6.02. The summed E-state index contributed by atoms with van der Waals surface area (Å²) < 4.78 is 17.7. The van der Waals surface area contributed by atoms with Crippen molar-refractivity contribution in [2.75, 3.05) is 27.3 Å². The van der Waals surface area contributed by atoms with Gasteiger partial charge in [0.1, 0.15) is 29.4 Å². The van der Waals surface area contributed by atoms with E-state index in [1.54, 1.807) is 55.0 Å². The number of rotatable bonds is 13. The first kappa shape index (κ1) is 36.0. The highest BCUT2D eigenvalue weighted by atomic mass is 35.5. The molecule has 4 aromatic rings. The number of nitrogens with zero attached hydrogens (tertiary/aromatic N) is 1. The van der Waals surface area contributed by atoms with E-state index in [4.69, 9.17) is 25.8 Å². The van der Waals surface area contributed by atoms with E-state index in [9.17, 15) is 24.3 Å². The number of amides is 2. The number of hydrogen-bond acceptors (Lipinski definition) is 8. The summed E-state index contributed by atoms with van der Waals surface area (Å²) in [6.45, 7) is 6.10. The minimum atomic E-state index is -0.553. The molecular formula is C38H40ClN3O8. The lowest BCUT2D eigenvalue weighted by molar-refractivity contribution is -0.122. The quantitative estimate of drug-likeness (QED) is 0.0910. The van der Waals surface area contributed by atoms with Crippen LogP contribution in [0.2, 0.25) is 5.02 Å². The Kier molecular flexibility index (Phi) is 11.2. The summed E-state index contributed by atoms with van der Waals surface area (Å²) in [5.74, 6) is -0.243. The fraction of sp³-hybridized carbons (Fsp3) is 0.316. The van der Waals surface area contributed by atoms with Crippen LogP contribution in [0.3, 0.4) is 0 Å². The van der Waals surface area contributed by atoms with Crippen molar-refractivity contribution in [1.29, 1.82) is 0 Å². The number of aromatic hydroxyl groups is 1. The van der Waals surface area contributed by atoms with Gasteiger partial charge in [-0.05, 0) is 87.2 Å². The smallest absolute Gasteiger partial charge is 0.342 e. The van der Waals surface area contributed by atoms with E-state index in [1.165, 1.54) is 7.11 Å². The molecule has 1 aliphatic heterocycles. The summed E-state index contributed by atoms with van der Waals surface area (Å²) in [5.41, 5.74) is 5.45. The lowest BCUT2D eigenvalue weighted by Crippen LogP contribution is -2.35. The van der Waals surface area contributed by atoms with Crippen molar-refractivity contribution in [2.24, 2.45) is 0 Å². The van der Waals surface area contributed by atoms with Crippen LogP contribution in [0, 0.1) is 13.8 Å². The Hall–Kier alpha value is -5.29. The molecule has 3 aromatic carbocycles. The zero-order valence-electron chi connectivity index (χ0n) is 28.7. The SMILES string of the molecule is COc1ccc2c(c1)c(CC(=O)NCCNC(=O)CC/C(C)=C/Cc1c(O)c3c(c(C)c1OC)COC3=O)c(C)n2C(=O)c1ccc(Cl)cc1. The van der Waals surface area contributed by atoms with Crippen molar-refractivity contribution in [3.8, 4) is 17.2 Å². The molecule has 0 saturated carbocycles. The summed E-state index contributed by atoms with van der Waals surface area (Å²) in [5, 5.41) is 17.8. The van der Waals surface area contributed by atoms with Gasteiger partial charge in [0.25, 0.3) is 5.91 Å². The number of phenolic OH excluding ortho intramolecular Hbond substituents is 1. The minimum absolute atomic E-state index is 0.0274. The Bertz CT molecular complexity index is 2010. The van der Waals surface area contributed by atoms with Crippen LogP contribution < -0.4 is 20.1 Å². The molecule has 11 nitrogen and oxygen atoms in total. The Morgan fingerprint density at radius 1 is 0.980 bits per heavy atom. The number of benzene rings is 3. The van der Waals surface area contributed by atoms with Crippen molar-refractivity contribution >= 4 is 46.2 Å². The lowest BCUT2D eigenvalue weighted by Gasteiger charge is -2.15. The van der Waals surface area contributed by atoms with Crippen LogP contribution >= 0.6 is 11.6 Å². The molecule has 0 fully saturated rings. The molecule has 5 rings (SSSR count). The highest BCUT2D eigenvalue weighted by Crippen LogP contribution is 2.42. The van der Waals surface area contributed by atoms with Crippen molar-refractivity contribution in [1.82, 2.24) is 15.2 Å². The fourth-order valence-corrected chi connectivity index (χ4v) is 6.35. The van der Waals surface area contributed by atoms with E-state index in [0.717, 1.165) is 16.5 Å². The molecule has 2 amide bonds. The van der Waals surface area contributed by atoms with Gasteiger partial charge in [0.15, 0.2) is 0 Å². The first-order valence-electron chi connectivity index (χ1n) is 16.2. The molecule has 12 heteroatoms. The Morgan fingerprint density at radius 3 is 2.36 bits per heavy atom. The zero-order valence-corrected chi connectivity index (χ0v) is 29.5. The second-order valence-electron chi connectivity index (χ2n) is 12.1. The van der Waals surface area contributed by atoms with Gasteiger partial charge in [0, 0.05) is 52.3 Å². The Morgan fingerprint density at radius 2 is 1.68 bits per heavy atom. The fourth-order valence-electron chi connectivity index (χ4n) is 6.23. The van der Waals surface area contributed by atoms with Crippen molar-refractivity contribution < 1.29 is 38.5 Å². The van der Waals surface area contributed by atoms with E-state index in [2.05, 4.69) is 10.6 Å². The second-order valence-corrected chi connectivity index (χ2v) is 12.6. The molecule has 0 aliphatic carbocycles. The number of carbonyl (C=O) groups is 4. The first-order chi connectivity index (χ1) is 23.9. The molecule has 0 saturated heterocycles. The van der Waals surface area contributed by atoms with Gasteiger partial charge in [0.2, 0.25) is 11.8 Å². The second kappa shape index (κ2) is 15.5.